The smallest absolute Gasteiger partial charge is 0.318 e. The minimum Gasteiger partial charge on any atom is -0.486 e. The van der Waals surface area contributed by atoms with E-state index in [1.54, 1.807) is 9.80 Å². The first-order valence-electron chi connectivity index (χ1n) is 9.15. The van der Waals surface area contributed by atoms with Gasteiger partial charge in [-0.05, 0) is 39.8 Å². The highest BCUT2D eigenvalue weighted by molar-refractivity contribution is 5.97. The molecule has 1 fully saturated rings. The molecule has 0 aliphatic carbocycles. The highest BCUT2D eigenvalue weighted by atomic mass is 16.6. The fourth-order valence-corrected chi connectivity index (χ4v) is 3.57. The average molecular weight is 361 g/mol. The van der Waals surface area contributed by atoms with E-state index in [4.69, 9.17) is 9.47 Å². The zero-order valence-electron chi connectivity index (χ0n) is 15.8. The number of ether oxygens (including phenoxy) is 2. The Morgan fingerprint density at radius 2 is 1.81 bits per heavy atom. The van der Waals surface area contributed by atoms with Gasteiger partial charge in [0.2, 0.25) is 5.91 Å². The van der Waals surface area contributed by atoms with Gasteiger partial charge in [0.05, 0.1) is 6.04 Å². The molecule has 1 N–H and O–H groups in total. The van der Waals surface area contributed by atoms with Crippen LogP contribution in [-0.4, -0.2) is 54.7 Å². The van der Waals surface area contributed by atoms with Crippen molar-refractivity contribution in [2.24, 2.45) is 0 Å². The fraction of sp³-hybridized carbons (Fsp3) is 0.579. The molecule has 2 heterocycles. The topological polar surface area (TPSA) is 71.1 Å². The quantitative estimate of drug-likeness (QED) is 0.894. The number of anilines is 1. The summed E-state index contributed by atoms with van der Waals surface area (Å²) >= 11 is 0. The third kappa shape index (κ3) is 3.71. The lowest BCUT2D eigenvalue weighted by molar-refractivity contribution is -0.117. The maximum absolute atomic E-state index is 12.6. The second kappa shape index (κ2) is 7.43. The second-order valence-electron chi connectivity index (χ2n) is 7.28. The van der Waals surface area contributed by atoms with Gasteiger partial charge in [-0.1, -0.05) is 0 Å². The van der Waals surface area contributed by atoms with E-state index in [1.165, 1.54) is 0 Å². The number of urea groups is 1. The lowest BCUT2D eigenvalue weighted by Crippen LogP contribution is -2.51. The third-order valence-corrected chi connectivity index (χ3v) is 4.64. The number of rotatable bonds is 4. The van der Waals surface area contributed by atoms with Crippen molar-refractivity contribution in [3.63, 3.8) is 0 Å². The van der Waals surface area contributed by atoms with E-state index in [-0.39, 0.29) is 30.1 Å². The third-order valence-electron chi connectivity index (χ3n) is 4.64. The van der Waals surface area contributed by atoms with Crippen molar-refractivity contribution in [1.29, 1.82) is 0 Å². The molecule has 7 heteroatoms. The molecule has 0 bridgehead atoms. The first-order valence-corrected chi connectivity index (χ1v) is 9.15. The summed E-state index contributed by atoms with van der Waals surface area (Å²) in [5, 5.41) is 3.00. The number of carbonyl (C=O) groups is 2. The second-order valence-corrected chi connectivity index (χ2v) is 7.28. The van der Waals surface area contributed by atoms with Gasteiger partial charge in [0.15, 0.2) is 11.5 Å². The molecular weight excluding hydrogens is 334 g/mol. The predicted octanol–water partition coefficient (Wildman–Crippen LogP) is 2.39. The number of fused-ring (bicyclic) bond motifs is 1. The average Bonchev–Trinajstić information content (AvgIpc) is 2.93. The lowest BCUT2D eigenvalue weighted by atomic mass is 10.2. The Hall–Kier alpha value is -2.44. The lowest BCUT2D eigenvalue weighted by Gasteiger charge is -2.32. The van der Waals surface area contributed by atoms with Crippen LogP contribution in [0.1, 0.15) is 34.1 Å². The first kappa shape index (κ1) is 18.4. The minimum absolute atomic E-state index is 0.00683. The molecule has 0 spiro atoms. The van der Waals surface area contributed by atoms with Crippen LogP contribution in [0.5, 0.6) is 11.5 Å². The van der Waals surface area contributed by atoms with Crippen molar-refractivity contribution in [1.82, 2.24) is 10.2 Å². The van der Waals surface area contributed by atoms with Gasteiger partial charge >= 0.3 is 6.03 Å². The molecule has 1 aromatic carbocycles. The zero-order chi connectivity index (χ0) is 18.8. The number of carbonyl (C=O) groups excluding carboxylic acids is 2. The number of nitrogens with one attached hydrogen (secondary N) is 1. The van der Waals surface area contributed by atoms with E-state index >= 15 is 0 Å². The van der Waals surface area contributed by atoms with E-state index in [2.05, 4.69) is 5.32 Å². The van der Waals surface area contributed by atoms with E-state index < -0.39 is 0 Å². The summed E-state index contributed by atoms with van der Waals surface area (Å²) < 4.78 is 11.1. The van der Waals surface area contributed by atoms with Gasteiger partial charge in [-0.2, -0.15) is 0 Å². The summed E-state index contributed by atoms with van der Waals surface area (Å²) in [6, 6.07) is 5.36. The maximum atomic E-state index is 12.6. The SMILES string of the molecule is CC(C)N(C(=O)N[C@H]1CC(=O)N(c2ccc3c(c2)OCCO3)C1)C(C)C. The van der Waals surface area contributed by atoms with Crippen molar-refractivity contribution >= 4 is 17.6 Å². The van der Waals surface area contributed by atoms with E-state index in [0.717, 1.165) is 5.69 Å². The number of hydrogen-bond acceptors (Lipinski definition) is 4. The van der Waals surface area contributed by atoms with Crippen LogP contribution in [0.15, 0.2) is 18.2 Å². The summed E-state index contributed by atoms with van der Waals surface area (Å²) in [7, 11) is 0. The van der Waals surface area contributed by atoms with Crippen LogP contribution in [0, 0.1) is 0 Å². The molecule has 3 amide bonds. The summed E-state index contributed by atoms with van der Waals surface area (Å²) in [6.45, 7) is 9.44. The molecule has 7 nitrogen and oxygen atoms in total. The van der Waals surface area contributed by atoms with Crippen molar-refractivity contribution in [2.45, 2.75) is 52.2 Å². The van der Waals surface area contributed by atoms with E-state index in [0.29, 0.717) is 37.7 Å². The van der Waals surface area contributed by atoms with Crippen LogP contribution in [-0.2, 0) is 4.79 Å². The maximum Gasteiger partial charge on any atom is 0.318 e. The van der Waals surface area contributed by atoms with Gasteiger partial charge in [0, 0.05) is 36.8 Å². The van der Waals surface area contributed by atoms with E-state index in [9.17, 15) is 9.59 Å². The van der Waals surface area contributed by atoms with Gasteiger partial charge in [-0.3, -0.25) is 4.79 Å². The van der Waals surface area contributed by atoms with Gasteiger partial charge < -0.3 is 24.6 Å². The van der Waals surface area contributed by atoms with Gasteiger partial charge in [0.1, 0.15) is 13.2 Å². The molecule has 2 aliphatic rings. The zero-order valence-corrected chi connectivity index (χ0v) is 15.8. The van der Waals surface area contributed by atoms with E-state index in [1.807, 2.05) is 45.9 Å². The first-order chi connectivity index (χ1) is 12.4. The molecule has 1 saturated heterocycles. The molecule has 0 unspecified atom stereocenters. The van der Waals surface area contributed by atoms with Gasteiger partial charge in [-0.15, -0.1) is 0 Å². The Labute approximate surface area is 154 Å². The molecule has 142 valence electrons. The van der Waals surface area contributed by atoms with Crippen molar-refractivity contribution in [2.75, 3.05) is 24.7 Å². The molecule has 26 heavy (non-hydrogen) atoms. The van der Waals surface area contributed by atoms with Crippen molar-refractivity contribution < 1.29 is 19.1 Å². The number of nitrogens with zero attached hydrogens (tertiary/aromatic N) is 2. The van der Waals surface area contributed by atoms with Gasteiger partial charge in [0.25, 0.3) is 0 Å². The van der Waals surface area contributed by atoms with Crippen LogP contribution in [0.4, 0.5) is 10.5 Å². The summed E-state index contributed by atoms with van der Waals surface area (Å²) in [5.74, 6) is 1.34. The van der Waals surface area contributed by atoms with Crippen LogP contribution in [0.2, 0.25) is 0 Å². The standard InChI is InChI=1S/C19H27N3O4/c1-12(2)22(13(3)4)19(24)20-14-9-18(23)21(11-14)15-5-6-16-17(10-15)26-8-7-25-16/h5-6,10,12-14H,7-9,11H2,1-4H3,(H,20,24)/t14-/m0/s1. The van der Waals surface area contributed by atoms with Crippen molar-refractivity contribution in [3.05, 3.63) is 18.2 Å². The summed E-state index contributed by atoms with van der Waals surface area (Å²) in [6.07, 6.45) is 0.296. The number of amides is 3. The summed E-state index contributed by atoms with van der Waals surface area (Å²) in [5.41, 5.74) is 0.764. The van der Waals surface area contributed by atoms with Crippen LogP contribution in [0.3, 0.4) is 0 Å². The molecule has 3 rings (SSSR count). The van der Waals surface area contributed by atoms with Crippen molar-refractivity contribution in [3.8, 4) is 11.5 Å². The largest absolute Gasteiger partial charge is 0.486 e. The number of benzene rings is 1. The molecule has 2 aliphatic heterocycles. The molecule has 0 aromatic heterocycles. The molecule has 1 aromatic rings. The normalized spacial score (nSPS) is 19.2. The Bertz CT molecular complexity index is 681. The Balaban J connectivity index is 1.68. The Morgan fingerprint density at radius 1 is 1.15 bits per heavy atom. The Morgan fingerprint density at radius 3 is 2.46 bits per heavy atom. The predicted molar refractivity (Wildman–Crippen MR) is 98.8 cm³/mol. The van der Waals surface area contributed by atoms with Crippen LogP contribution < -0.4 is 19.7 Å². The molecular formula is C19H27N3O4. The molecule has 1 atom stereocenters. The minimum atomic E-state index is -0.205. The monoisotopic (exact) mass is 361 g/mol. The molecule has 0 saturated carbocycles. The fourth-order valence-electron chi connectivity index (χ4n) is 3.57. The van der Waals surface area contributed by atoms with Gasteiger partial charge in [-0.25, -0.2) is 4.79 Å². The Kier molecular flexibility index (Phi) is 5.25. The molecule has 0 radical (unpaired) electrons. The summed E-state index contributed by atoms with van der Waals surface area (Å²) in [4.78, 5) is 28.5. The number of hydrogen-bond donors (Lipinski definition) is 1. The highest BCUT2D eigenvalue weighted by Crippen LogP contribution is 2.35. The van der Waals surface area contributed by atoms with Crippen LogP contribution in [0.25, 0.3) is 0 Å². The highest BCUT2D eigenvalue weighted by Gasteiger charge is 2.33. The van der Waals surface area contributed by atoms with Crippen LogP contribution >= 0.6 is 0 Å².